The zero-order chi connectivity index (χ0) is 34.9. The second kappa shape index (κ2) is 14.4. The van der Waals surface area contributed by atoms with Crippen LogP contribution in [0, 0.1) is 0 Å². The lowest BCUT2D eigenvalue weighted by Gasteiger charge is -2.41. The summed E-state index contributed by atoms with van der Waals surface area (Å²) >= 11 is 6.59. The number of halogens is 1. The van der Waals surface area contributed by atoms with Gasteiger partial charge in [-0.15, -0.1) is 0 Å². The fourth-order valence-corrected chi connectivity index (χ4v) is 7.71. The van der Waals surface area contributed by atoms with Crippen LogP contribution in [0.25, 0.3) is 0 Å². The van der Waals surface area contributed by atoms with Crippen LogP contribution < -0.4 is 4.90 Å². The predicted molar refractivity (Wildman–Crippen MR) is 195 cm³/mol. The number of nitrogens with zero attached hydrogens (tertiary/aromatic N) is 4. The SMILES string of the molecule is O=C(c1ccn2c1COC(c1cc(Cl)ccc1C(=O)N1Cc3ccccc3C[C@H]1CN1CCOCC1)C2)N(c1ccccc1)c1ccc(O)cc1. The molecule has 1 aromatic heterocycles. The second-order valence-electron chi connectivity index (χ2n) is 13.3. The van der Waals surface area contributed by atoms with Gasteiger partial charge < -0.3 is 24.0 Å². The van der Waals surface area contributed by atoms with Gasteiger partial charge in [-0.25, -0.2) is 0 Å². The van der Waals surface area contributed by atoms with E-state index >= 15 is 0 Å². The average Bonchev–Trinajstić information content (AvgIpc) is 3.59. The predicted octanol–water partition coefficient (Wildman–Crippen LogP) is 7.00. The van der Waals surface area contributed by atoms with Gasteiger partial charge in [0.1, 0.15) is 11.9 Å². The van der Waals surface area contributed by atoms with Crippen molar-refractivity contribution in [3.8, 4) is 5.75 Å². The molecule has 9 nitrogen and oxygen atoms in total. The van der Waals surface area contributed by atoms with Crippen molar-refractivity contribution in [3.63, 3.8) is 0 Å². The van der Waals surface area contributed by atoms with E-state index in [2.05, 4.69) is 23.1 Å². The molecule has 3 aliphatic heterocycles. The highest BCUT2D eigenvalue weighted by atomic mass is 35.5. The third kappa shape index (κ3) is 6.78. The van der Waals surface area contributed by atoms with E-state index in [1.54, 1.807) is 35.2 Å². The number of hydrogen-bond donors (Lipinski definition) is 1. The minimum absolute atomic E-state index is 0.00654. The summed E-state index contributed by atoms with van der Waals surface area (Å²) in [4.78, 5) is 35.0. The Kier molecular flexibility index (Phi) is 9.36. The molecule has 2 amide bonds. The van der Waals surface area contributed by atoms with Crippen LogP contribution in [0.3, 0.4) is 0 Å². The second-order valence-corrected chi connectivity index (χ2v) is 13.8. The normalized spacial score (nSPS) is 18.9. The highest BCUT2D eigenvalue weighted by Gasteiger charge is 2.35. The van der Waals surface area contributed by atoms with Gasteiger partial charge in [-0.2, -0.15) is 0 Å². The number of aromatic hydroxyl groups is 1. The molecule has 5 aromatic rings. The molecular formula is C41H39ClN4O5. The van der Waals surface area contributed by atoms with Gasteiger partial charge in [0.05, 0.1) is 37.6 Å². The van der Waals surface area contributed by atoms with Crippen LogP contribution in [0.1, 0.15) is 49.2 Å². The largest absolute Gasteiger partial charge is 0.508 e. The molecule has 0 aliphatic carbocycles. The molecular weight excluding hydrogens is 664 g/mol. The summed E-state index contributed by atoms with van der Waals surface area (Å²) < 4.78 is 14.1. The Morgan fingerprint density at radius 3 is 2.35 bits per heavy atom. The van der Waals surface area contributed by atoms with E-state index in [1.165, 1.54) is 11.1 Å². The Morgan fingerprint density at radius 1 is 0.843 bits per heavy atom. The molecule has 10 heteroatoms. The average molecular weight is 703 g/mol. The maximum Gasteiger partial charge on any atom is 0.264 e. The first kappa shape index (κ1) is 33.2. The van der Waals surface area contributed by atoms with Gasteiger partial charge in [-0.1, -0.05) is 54.1 Å². The number of phenols is 1. The standard InChI is InChI=1S/C41H39ClN4O5/c42-30-10-15-35(40(48)45-24-29-7-5-4-6-28(29)22-33(45)25-43-18-20-50-21-19-43)37(23-30)39-26-44-17-16-36(38(44)27-51-39)41(49)46(31-8-2-1-3-9-31)32-11-13-34(47)14-12-32/h1-17,23,33,39,47H,18-22,24-27H2/t33-,39?/m0/s1. The van der Waals surface area contributed by atoms with E-state index in [9.17, 15) is 14.7 Å². The van der Waals surface area contributed by atoms with Crippen LogP contribution >= 0.6 is 11.6 Å². The first-order valence-corrected chi connectivity index (χ1v) is 17.8. The monoisotopic (exact) mass is 702 g/mol. The molecule has 3 aliphatic rings. The maximum atomic E-state index is 14.7. The lowest BCUT2D eigenvalue weighted by Crippen LogP contribution is -2.52. The van der Waals surface area contributed by atoms with Gasteiger partial charge >= 0.3 is 0 Å². The number of hydrogen-bond acceptors (Lipinski definition) is 6. The van der Waals surface area contributed by atoms with Crippen LogP contribution in [0.5, 0.6) is 5.75 Å². The summed E-state index contributed by atoms with van der Waals surface area (Å²) in [6.07, 6.45) is 2.24. The Bertz CT molecular complexity index is 2040. The fraction of sp³-hybridized carbons (Fsp3) is 0.268. The van der Waals surface area contributed by atoms with E-state index < -0.39 is 6.10 Å². The number of morpholine rings is 1. The van der Waals surface area contributed by atoms with Gasteiger partial charge in [-0.3, -0.25) is 19.4 Å². The van der Waals surface area contributed by atoms with Crippen molar-refractivity contribution in [2.45, 2.75) is 38.3 Å². The Labute approximate surface area is 302 Å². The molecule has 0 saturated carbocycles. The van der Waals surface area contributed by atoms with Crippen molar-refractivity contribution in [1.29, 1.82) is 0 Å². The summed E-state index contributed by atoms with van der Waals surface area (Å²) in [5.41, 5.74) is 6.37. The molecule has 4 aromatic carbocycles. The first-order chi connectivity index (χ1) is 24.9. The summed E-state index contributed by atoms with van der Waals surface area (Å²) in [6.45, 7) is 5.00. The topological polar surface area (TPSA) is 87.5 Å². The van der Waals surface area contributed by atoms with E-state index in [-0.39, 0.29) is 30.2 Å². The number of carbonyl (C=O) groups is 2. The molecule has 4 heterocycles. The third-order valence-corrected chi connectivity index (χ3v) is 10.4. The number of rotatable bonds is 7. The van der Waals surface area contributed by atoms with Crippen LogP contribution in [0.2, 0.25) is 5.02 Å². The zero-order valence-corrected chi connectivity index (χ0v) is 28.9. The Morgan fingerprint density at radius 2 is 1.57 bits per heavy atom. The smallest absolute Gasteiger partial charge is 0.264 e. The van der Waals surface area contributed by atoms with Crippen molar-refractivity contribution in [3.05, 3.63) is 148 Å². The minimum Gasteiger partial charge on any atom is -0.508 e. The zero-order valence-electron chi connectivity index (χ0n) is 28.2. The van der Waals surface area contributed by atoms with Gasteiger partial charge in [0, 0.05) is 60.4 Å². The highest BCUT2D eigenvalue weighted by molar-refractivity contribution is 6.30. The van der Waals surface area contributed by atoms with Gasteiger partial charge in [0.15, 0.2) is 0 Å². The molecule has 1 fully saturated rings. The molecule has 0 spiro atoms. The maximum absolute atomic E-state index is 14.7. The summed E-state index contributed by atoms with van der Waals surface area (Å²) in [5, 5.41) is 10.4. The lowest BCUT2D eigenvalue weighted by atomic mass is 9.91. The number of phenolic OH excluding ortho intramolecular Hbond substituents is 1. The van der Waals surface area contributed by atoms with Gasteiger partial charge in [0.25, 0.3) is 11.8 Å². The number of anilines is 2. The molecule has 2 atom stereocenters. The molecule has 1 unspecified atom stereocenters. The lowest BCUT2D eigenvalue weighted by molar-refractivity contribution is 0.00136. The molecule has 1 N–H and O–H groups in total. The number of benzene rings is 4. The number of aromatic nitrogens is 1. The number of carbonyl (C=O) groups excluding carboxylic acids is 2. The molecule has 51 heavy (non-hydrogen) atoms. The first-order valence-electron chi connectivity index (χ1n) is 17.4. The van der Waals surface area contributed by atoms with Crippen LogP contribution in [0.4, 0.5) is 11.4 Å². The quantitative estimate of drug-likeness (QED) is 0.197. The number of para-hydroxylation sites is 1. The Hall–Kier alpha value is -4.93. The van der Waals surface area contributed by atoms with E-state index in [0.29, 0.717) is 53.8 Å². The fourth-order valence-electron chi connectivity index (χ4n) is 7.53. The number of fused-ring (bicyclic) bond motifs is 2. The van der Waals surface area contributed by atoms with Crippen molar-refractivity contribution in [1.82, 2.24) is 14.4 Å². The highest BCUT2D eigenvalue weighted by Crippen LogP contribution is 2.36. The van der Waals surface area contributed by atoms with E-state index in [4.69, 9.17) is 21.1 Å². The number of amides is 2. The van der Waals surface area contributed by atoms with Gasteiger partial charge in [0.2, 0.25) is 0 Å². The van der Waals surface area contributed by atoms with Crippen LogP contribution in [-0.4, -0.2) is 70.2 Å². The Balaban J connectivity index is 1.08. The minimum atomic E-state index is -0.456. The molecule has 0 radical (unpaired) electrons. The van der Waals surface area contributed by atoms with Crippen molar-refractivity contribution in [2.75, 3.05) is 37.7 Å². The van der Waals surface area contributed by atoms with E-state index in [1.807, 2.05) is 70.3 Å². The summed E-state index contributed by atoms with van der Waals surface area (Å²) in [7, 11) is 0. The number of ether oxygens (including phenoxy) is 2. The summed E-state index contributed by atoms with van der Waals surface area (Å²) in [6, 6.07) is 31.7. The summed E-state index contributed by atoms with van der Waals surface area (Å²) in [5.74, 6) is -0.130. The molecule has 0 bridgehead atoms. The molecule has 260 valence electrons. The van der Waals surface area contributed by atoms with Crippen molar-refractivity contribution >= 4 is 34.8 Å². The van der Waals surface area contributed by atoms with Crippen LogP contribution in [-0.2, 0) is 35.6 Å². The van der Waals surface area contributed by atoms with Crippen molar-refractivity contribution in [2.24, 2.45) is 0 Å². The van der Waals surface area contributed by atoms with E-state index in [0.717, 1.165) is 37.3 Å². The molecule has 1 saturated heterocycles. The van der Waals surface area contributed by atoms with Crippen molar-refractivity contribution < 1.29 is 24.2 Å². The van der Waals surface area contributed by atoms with Gasteiger partial charge in [-0.05, 0) is 83.8 Å². The third-order valence-electron chi connectivity index (χ3n) is 10.2. The van der Waals surface area contributed by atoms with Crippen LogP contribution in [0.15, 0.2) is 109 Å². The molecule has 8 rings (SSSR count).